The average molecular weight is 125 g/mol. The highest BCUT2D eigenvalue weighted by Crippen LogP contribution is 2.14. The van der Waals surface area contributed by atoms with Crippen molar-refractivity contribution in [3.05, 3.63) is 31.1 Å². The normalized spacial score (nSPS) is 13.6. The molecule has 1 N–H and O–H groups in total. The van der Waals surface area contributed by atoms with Crippen molar-refractivity contribution in [3.63, 3.8) is 0 Å². The van der Waals surface area contributed by atoms with Crippen LogP contribution in [0.1, 0.15) is 18.3 Å². The molecular formula is C7H9O2. The number of aliphatic hydroxyl groups excluding tert-OH is 1. The van der Waals surface area contributed by atoms with Gasteiger partial charge in [-0.3, -0.25) is 0 Å². The molecule has 1 unspecified atom stereocenters. The van der Waals surface area contributed by atoms with Gasteiger partial charge in [0.1, 0.15) is 11.9 Å². The molecule has 2 heteroatoms. The largest absolute Gasteiger partial charge is 0.467 e. The molecule has 1 rings (SSSR count). The third-order valence-corrected chi connectivity index (χ3v) is 1.15. The fourth-order valence-corrected chi connectivity index (χ4v) is 0.623. The monoisotopic (exact) mass is 125 g/mol. The SMILES string of the molecule is [CH2]CC(O)c1ccco1. The molecule has 49 valence electrons. The third kappa shape index (κ3) is 1.33. The Morgan fingerprint density at radius 2 is 2.56 bits per heavy atom. The van der Waals surface area contributed by atoms with Crippen LogP contribution in [0, 0.1) is 6.92 Å². The molecule has 0 spiro atoms. The predicted octanol–water partition coefficient (Wildman–Crippen LogP) is 1.54. The second kappa shape index (κ2) is 2.69. The summed E-state index contributed by atoms with van der Waals surface area (Å²) in [7, 11) is 0. The van der Waals surface area contributed by atoms with Crippen molar-refractivity contribution in [2.24, 2.45) is 0 Å². The molecule has 0 aromatic carbocycles. The molecule has 0 aliphatic carbocycles. The van der Waals surface area contributed by atoms with Crippen molar-refractivity contribution in [1.29, 1.82) is 0 Å². The maximum Gasteiger partial charge on any atom is 0.132 e. The van der Waals surface area contributed by atoms with E-state index in [4.69, 9.17) is 9.52 Å². The summed E-state index contributed by atoms with van der Waals surface area (Å²) >= 11 is 0. The highest BCUT2D eigenvalue weighted by molar-refractivity contribution is 5.01. The smallest absolute Gasteiger partial charge is 0.132 e. The Hall–Kier alpha value is -0.760. The molecule has 0 amide bonds. The minimum Gasteiger partial charge on any atom is -0.467 e. The Kier molecular flexibility index (Phi) is 1.90. The van der Waals surface area contributed by atoms with Gasteiger partial charge in [0.25, 0.3) is 0 Å². The fraction of sp³-hybridized carbons (Fsp3) is 0.286. The van der Waals surface area contributed by atoms with Gasteiger partial charge in [-0.2, -0.15) is 0 Å². The van der Waals surface area contributed by atoms with Crippen molar-refractivity contribution in [1.82, 2.24) is 0 Å². The molecule has 1 atom stereocenters. The summed E-state index contributed by atoms with van der Waals surface area (Å²) in [5.74, 6) is 0.588. The summed E-state index contributed by atoms with van der Waals surface area (Å²) in [4.78, 5) is 0. The van der Waals surface area contributed by atoms with Gasteiger partial charge in [0, 0.05) is 0 Å². The summed E-state index contributed by atoms with van der Waals surface area (Å²) in [6.07, 6.45) is 1.45. The summed E-state index contributed by atoms with van der Waals surface area (Å²) in [6.45, 7) is 3.53. The Morgan fingerprint density at radius 1 is 1.78 bits per heavy atom. The van der Waals surface area contributed by atoms with Gasteiger partial charge in [-0.25, -0.2) is 0 Å². The van der Waals surface area contributed by atoms with E-state index in [2.05, 4.69) is 6.92 Å². The van der Waals surface area contributed by atoms with Crippen molar-refractivity contribution >= 4 is 0 Å². The molecule has 0 saturated heterocycles. The first kappa shape index (κ1) is 6.36. The first-order chi connectivity index (χ1) is 4.34. The molecule has 9 heavy (non-hydrogen) atoms. The van der Waals surface area contributed by atoms with Gasteiger partial charge in [0.05, 0.1) is 6.26 Å². The van der Waals surface area contributed by atoms with Crippen molar-refractivity contribution < 1.29 is 9.52 Å². The molecule has 0 bridgehead atoms. The van der Waals surface area contributed by atoms with Gasteiger partial charge >= 0.3 is 0 Å². The van der Waals surface area contributed by atoms with E-state index < -0.39 is 6.10 Å². The molecule has 0 aliphatic rings. The van der Waals surface area contributed by atoms with Crippen LogP contribution in [0.15, 0.2) is 22.8 Å². The van der Waals surface area contributed by atoms with Crippen LogP contribution < -0.4 is 0 Å². The standard InChI is InChI=1S/C7H9O2/c1-2-6(8)7-4-3-5-9-7/h3-6,8H,1-2H2. The van der Waals surface area contributed by atoms with Crippen LogP contribution in [0.5, 0.6) is 0 Å². The van der Waals surface area contributed by atoms with Crippen LogP contribution in [-0.4, -0.2) is 5.11 Å². The molecule has 1 aromatic heterocycles. The van der Waals surface area contributed by atoms with Crippen LogP contribution in [0.25, 0.3) is 0 Å². The number of rotatable bonds is 2. The topological polar surface area (TPSA) is 33.4 Å². The van der Waals surface area contributed by atoms with Crippen molar-refractivity contribution in [2.45, 2.75) is 12.5 Å². The maximum atomic E-state index is 9.06. The minimum absolute atomic E-state index is 0.452. The number of furan rings is 1. The Bertz CT molecular complexity index is 155. The third-order valence-electron chi connectivity index (χ3n) is 1.15. The quantitative estimate of drug-likeness (QED) is 0.650. The zero-order valence-electron chi connectivity index (χ0n) is 5.08. The molecule has 1 heterocycles. The molecule has 1 radical (unpaired) electrons. The number of aliphatic hydroxyl groups is 1. The van der Waals surface area contributed by atoms with Gasteiger partial charge in [0.15, 0.2) is 0 Å². The minimum atomic E-state index is -0.542. The van der Waals surface area contributed by atoms with Gasteiger partial charge < -0.3 is 9.52 Å². The Balaban J connectivity index is 2.65. The lowest BCUT2D eigenvalue weighted by molar-refractivity contribution is 0.152. The summed E-state index contributed by atoms with van der Waals surface area (Å²) in [5.41, 5.74) is 0. The average Bonchev–Trinajstić information content (AvgIpc) is 2.37. The van der Waals surface area contributed by atoms with Crippen LogP contribution in [0.4, 0.5) is 0 Å². The lowest BCUT2D eigenvalue weighted by Crippen LogP contribution is -1.91. The van der Waals surface area contributed by atoms with Crippen LogP contribution in [0.2, 0.25) is 0 Å². The number of hydrogen-bond acceptors (Lipinski definition) is 2. The van der Waals surface area contributed by atoms with E-state index in [0.29, 0.717) is 12.2 Å². The van der Waals surface area contributed by atoms with Crippen LogP contribution in [-0.2, 0) is 0 Å². The zero-order valence-corrected chi connectivity index (χ0v) is 5.08. The lowest BCUT2D eigenvalue weighted by Gasteiger charge is -2.00. The summed E-state index contributed by atoms with van der Waals surface area (Å²) < 4.78 is 4.90. The molecule has 0 fully saturated rings. The first-order valence-corrected chi connectivity index (χ1v) is 2.85. The molecule has 1 aromatic rings. The second-order valence-electron chi connectivity index (χ2n) is 1.82. The zero-order chi connectivity index (χ0) is 6.69. The Labute approximate surface area is 54.1 Å². The highest BCUT2D eigenvalue weighted by atomic mass is 16.4. The highest BCUT2D eigenvalue weighted by Gasteiger charge is 2.05. The van der Waals surface area contributed by atoms with E-state index >= 15 is 0 Å². The van der Waals surface area contributed by atoms with Crippen molar-refractivity contribution in [3.8, 4) is 0 Å². The van der Waals surface area contributed by atoms with Gasteiger partial charge in [-0.15, -0.1) is 0 Å². The van der Waals surface area contributed by atoms with E-state index in [1.807, 2.05) is 0 Å². The number of hydrogen-bond donors (Lipinski definition) is 1. The molecular weight excluding hydrogens is 116 g/mol. The van der Waals surface area contributed by atoms with Crippen LogP contribution >= 0.6 is 0 Å². The van der Waals surface area contributed by atoms with Crippen molar-refractivity contribution in [2.75, 3.05) is 0 Å². The Morgan fingerprint density at radius 3 is 3.00 bits per heavy atom. The maximum absolute atomic E-state index is 9.06. The van der Waals surface area contributed by atoms with Crippen LogP contribution in [0.3, 0.4) is 0 Å². The van der Waals surface area contributed by atoms with Gasteiger partial charge in [0.2, 0.25) is 0 Å². The van der Waals surface area contributed by atoms with E-state index in [9.17, 15) is 0 Å². The molecule has 2 nitrogen and oxygen atoms in total. The summed E-state index contributed by atoms with van der Waals surface area (Å²) in [6, 6.07) is 3.48. The predicted molar refractivity (Wildman–Crippen MR) is 33.6 cm³/mol. The van der Waals surface area contributed by atoms with E-state index in [1.54, 1.807) is 12.1 Å². The lowest BCUT2D eigenvalue weighted by atomic mass is 10.2. The fourth-order valence-electron chi connectivity index (χ4n) is 0.623. The van der Waals surface area contributed by atoms with E-state index in [1.165, 1.54) is 6.26 Å². The van der Waals surface area contributed by atoms with Gasteiger partial charge in [-0.1, -0.05) is 6.92 Å². The molecule has 0 saturated carbocycles. The van der Waals surface area contributed by atoms with E-state index in [0.717, 1.165) is 0 Å². The first-order valence-electron chi connectivity index (χ1n) is 2.85. The van der Waals surface area contributed by atoms with E-state index in [-0.39, 0.29) is 0 Å². The van der Waals surface area contributed by atoms with Gasteiger partial charge in [-0.05, 0) is 18.6 Å². The molecule has 0 aliphatic heterocycles. The second-order valence-corrected chi connectivity index (χ2v) is 1.82. The summed E-state index contributed by atoms with van der Waals surface area (Å²) in [5, 5.41) is 9.06.